The molecule has 1 N–H and O–H groups in total. The van der Waals surface area contributed by atoms with Crippen LogP contribution in [0.1, 0.15) is 65.1 Å². The first-order valence-electron chi connectivity index (χ1n) is 13.4. The zero-order chi connectivity index (χ0) is 28.9. The number of carbonyl (C=O) groups is 1. The van der Waals surface area contributed by atoms with Gasteiger partial charge in [0.1, 0.15) is 11.6 Å². The predicted octanol–water partition coefficient (Wildman–Crippen LogP) is 9.76. The summed E-state index contributed by atoms with van der Waals surface area (Å²) >= 11 is 6.29. The molecule has 0 spiro atoms. The summed E-state index contributed by atoms with van der Waals surface area (Å²) in [6.07, 6.45) is 8.67. The van der Waals surface area contributed by atoms with Crippen LogP contribution in [0.15, 0.2) is 78.9 Å². The summed E-state index contributed by atoms with van der Waals surface area (Å²) in [6, 6.07) is 20.7. The van der Waals surface area contributed by atoms with Gasteiger partial charge in [-0.05, 0) is 95.1 Å². The van der Waals surface area contributed by atoms with Crippen LogP contribution in [0, 0.1) is 15.9 Å². The first-order chi connectivity index (χ1) is 19.8. The minimum absolute atomic E-state index is 0.0690. The second-order valence-corrected chi connectivity index (χ2v) is 10.5. The molecule has 5 rings (SSSR count). The van der Waals surface area contributed by atoms with E-state index >= 15 is 0 Å². The standard InChI is InChI=1S/C33H27ClFNO5/c34-26-12-17-31(29(20-26)23-4-2-1-3-5-23)41-32-16-7-21(18-30(32)36(39)40)6-8-25-19-24(11-15-28(25)33(37)38)22-9-13-27(35)14-10-22/h6-20,23H,1-5H2,(H,37,38). The second-order valence-electron chi connectivity index (χ2n) is 10.1. The van der Waals surface area contributed by atoms with Gasteiger partial charge in [0.2, 0.25) is 5.75 Å². The minimum atomic E-state index is -1.11. The van der Waals surface area contributed by atoms with Gasteiger partial charge in [-0.1, -0.05) is 67.3 Å². The van der Waals surface area contributed by atoms with Crippen LogP contribution in [0.3, 0.4) is 0 Å². The lowest BCUT2D eigenvalue weighted by atomic mass is 9.84. The highest BCUT2D eigenvalue weighted by Crippen LogP contribution is 2.42. The zero-order valence-corrected chi connectivity index (χ0v) is 22.8. The smallest absolute Gasteiger partial charge is 0.336 e. The van der Waals surface area contributed by atoms with Gasteiger partial charge in [0.25, 0.3) is 0 Å². The van der Waals surface area contributed by atoms with Crippen molar-refractivity contribution in [3.63, 3.8) is 0 Å². The molecular formula is C33H27ClFNO5. The van der Waals surface area contributed by atoms with Crippen LogP contribution in [0.25, 0.3) is 23.3 Å². The summed E-state index contributed by atoms with van der Waals surface area (Å²) in [7, 11) is 0. The van der Waals surface area contributed by atoms with Gasteiger partial charge in [0.15, 0.2) is 0 Å². The maximum Gasteiger partial charge on any atom is 0.336 e. The fourth-order valence-corrected chi connectivity index (χ4v) is 5.41. The van der Waals surface area contributed by atoms with E-state index in [0.29, 0.717) is 27.5 Å². The predicted molar refractivity (Wildman–Crippen MR) is 158 cm³/mol. The Morgan fingerprint density at radius 3 is 2.32 bits per heavy atom. The molecule has 0 unspecified atom stereocenters. The van der Waals surface area contributed by atoms with Gasteiger partial charge >= 0.3 is 11.7 Å². The van der Waals surface area contributed by atoms with Crippen LogP contribution in [0.2, 0.25) is 5.02 Å². The number of carboxylic acids is 1. The van der Waals surface area contributed by atoms with Crippen LogP contribution in [-0.2, 0) is 0 Å². The number of rotatable bonds is 8. The van der Waals surface area contributed by atoms with Crippen LogP contribution in [-0.4, -0.2) is 16.0 Å². The van der Waals surface area contributed by atoms with Gasteiger partial charge in [0, 0.05) is 11.1 Å². The Morgan fingerprint density at radius 1 is 0.902 bits per heavy atom. The quantitative estimate of drug-likeness (QED) is 0.129. The van der Waals surface area contributed by atoms with E-state index in [1.165, 1.54) is 30.7 Å². The van der Waals surface area contributed by atoms with E-state index in [0.717, 1.165) is 36.8 Å². The molecule has 208 valence electrons. The van der Waals surface area contributed by atoms with Gasteiger partial charge in [-0.15, -0.1) is 0 Å². The lowest BCUT2D eigenvalue weighted by Crippen LogP contribution is -2.06. The number of hydrogen-bond acceptors (Lipinski definition) is 4. The van der Waals surface area contributed by atoms with Crippen molar-refractivity contribution in [2.45, 2.75) is 38.0 Å². The van der Waals surface area contributed by atoms with E-state index in [2.05, 4.69) is 0 Å². The van der Waals surface area contributed by atoms with Crippen LogP contribution < -0.4 is 4.74 Å². The lowest BCUT2D eigenvalue weighted by Gasteiger charge is -2.24. The molecule has 4 aromatic rings. The van der Waals surface area contributed by atoms with Crippen molar-refractivity contribution in [3.05, 3.63) is 122 Å². The minimum Gasteiger partial charge on any atom is -0.478 e. The van der Waals surface area contributed by atoms with Gasteiger partial charge in [-0.25, -0.2) is 9.18 Å². The molecule has 0 atom stereocenters. The number of benzene rings is 4. The summed E-state index contributed by atoms with van der Waals surface area (Å²) in [4.78, 5) is 23.4. The molecule has 4 aromatic carbocycles. The van der Waals surface area contributed by atoms with E-state index in [1.807, 2.05) is 6.07 Å². The van der Waals surface area contributed by atoms with E-state index in [1.54, 1.807) is 60.7 Å². The Balaban J connectivity index is 1.45. The van der Waals surface area contributed by atoms with E-state index in [9.17, 15) is 24.4 Å². The fraction of sp³-hybridized carbons (Fsp3) is 0.182. The summed E-state index contributed by atoms with van der Waals surface area (Å²) in [6.45, 7) is 0. The van der Waals surface area contributed by atoms with Gasteiger partial charge in [-0.2, -0.15) is 0 Å². The largest absolute Gasteiger partial charge is 0.478 e. The molecule has 1 aliphatic rings. The molecule has 0 bridgehead atoms. The number of nitro groups is 1. The number of nitro benzene ring substituents is 1. The number of hydrogen-bond donors (Lipinski definition) is 1. The van der Waals surface area contributed by atoms with Crippen molar-refractivity contribution in [2.75, 3.05) is 0 Å². The number of halogens is 2. The van der Waals surface area contributed by atoms with E-state index < -0.39 is 10.9 Å². The van der Waals surface area contributed by atoms with Crippen molar-refractivity contribution in [2.24, 2.45) is 0 Å². The highest BCUT2D eigenvalue weighted by Gasteiger charge is 2.23. The molecule has 0 aliphatic heterocycles. The Bertz CT molecular complexity index is 1630. The molecule has 0 amide bonds. The Morgan fingerprint density at radius 2 is 1.61 bits per heavy atom. The lowest BCUT2D eigenvalue weighted by molar-refractivity contribution is -0.385. The van der Waals surface area contributed by atoms with E-state index in [-0.39, 0.29) is 28.7 Å². The average molecular weight is 572 g/mol. The van der Waals surface area contributed by atoms with Crippen molar-refractivity contribution >= 4 is 35.4 Å². The van der Waals surface area contributed by atoms with Crippen LogP contribution in [0.4, 0.5) is 10.1 Å². The summed E-state index contributed by atoms with van der Waals surface area (Å²) < 4.78 is 19.5. The monoisotopic (exact) mass is 571 g/mol. The van der Waals surface area contributed by atoms with Gasteiger partial charge < -0.3 is 9.84 Å². The Labute approximate surface area is 241 Å². The van der Waals surface area contributed by atoms with Crippen LogP contribution >= 0.6 is 11.6 Å². The zero-order valence-electron chi connectivity index (χ0n) is 22.1. The highest BCUT2D eigenvalue weighted by molar-refractivity contribution is 6.30. The van der Waals surface area contributed by atoms with Crippen molar-refractivity contribution < 1.29 is 24.0 Å². The third-order valence-electron chi connectivity index (χ3n) is 7.33. The van der Waals surface area contributed by atoms with E-state index in [4.69, 9.17) is 16.3 Å². The Hall–Kier alpha value is -4.49. The molecule has 6 nitrogen and oxygen atoms in total. The third-order valence-corrected chi connectivity index (χ3v) is 7.57. The van der Waals surface area contributed by atoms with Gasteiger partial charge in [0.05, 0.1) is 10.5 Å². The molecule has 0 aromatic heterocycles. The second kappa shape index (κ2) is 12.4. The molecule has 8 heteroatoms. The maximum absolute atomic E-state index is 13.4. The fourth-order valence-electron chi connectivity index (χ4n) is 5.23. The van der Waals surface area contributed by atoms with Gasteiger partial charge in [-0.3, -0.25) is 10.1 Å². The maximum atomic E-state index is 13.4. The molecule has 0 radical (unpaired) electrons. The highest BCUT2D eigenvalue weighted by atomic mass is 35.5. The normalized spacial score (nSPS) is 13.8. The molecule has 0 heterocycles. The van der Waals surface area contributed by atoms with Crippen molar-refractivity contribution in [3.8, 4) is 22.6 Å². The first kappa shape index (κ1) is 28.1. The molecule has 1 saturated carbocycles. The SMILES string of the molecule is O=C(O)c1ccc(-c2ccc(F)cc2)cc1C=Cc1ccc(Oc2ccc(Cl)cc2C2CCCCC2)c([N+](=O)[O-])c1. The summed E-state index contributed by atoms with van der Waals surface area (Å²) in [5, 5.41) is 22.3. The summed E-state index contributed by atoms with van der Waals surface area (Å²) in [5.74, 6) is -0.534. The molecule has 1 fully saturated rings. The third kappa shape index (κ3) is 6.64. The van der Waals surface area contributed by atoms with Crippen molar-refractivity contribution in [1.82, 2.24) is 0 Å². The molecule has 0 saturated heterocycles. The number of ether oxygens (including phenoxy) is 1. The van der Waals surface area contributed by atoms with Crippen molar-refractivity contribution in [1.29, 1.82) is 0 Å². The first-order valence-corrected chi connectivity index (χ1v) is 13.7. The number of carboxylic acid groups (broad SMARTS) is 1. The number of aromatic carboxylic acids is 1. The van der Waals surface area contributed by atoms with Crippen LogP contribution in [0.5, 0.6) is 11.5 Å². The molecular weight excluding hydrogens is 545 g/mol. The molecule has 1 aliphatic carbocycles. The Kier molecular flexibility index (Phi) is 8.45. The topological polar surface area (TPSA) is 89.7 Å². The molecule has 41 heavy (non-hydrogen) atoms. The average Bonchev–Trinajstić information content (AvgIpc) is 2.98. The summed E-state index contributed by atoms with van der Waals surface area (Å²) in [5.41, 5.74) is 3.15. The number of nitrogens with zero attached hydrogens (tertiary/aromatic N) is 1.